The number of nitrogens with two attached hydrogens (primary N) is 2. The van der Waals surface area contributed by atoms with Crippen molar-refractivity contribution in [2.45, 2.75) is 74.0 Å². The Labute approximate surface area is 253 Å². The normalized spacial score (nSPS) is 14.9. The molecule has 1 fully saturated rings. The number of anilines is 2. The minimum atomic E-state index is -0.336. The summed E-state index contributed by atoms with van der Waals surface area (Å²) in [6.07, 6.45) is 3.39. The molecule has 0 unspecified atom stereocenters. The SMILES string of the molecule is C.Cc1cc(N)c(C)c(-c2cnn(C)n2)c1.Cc1cc(N)c(C)c(B2OC(C)(C)C(C)(C)O2)c1.Cn1ncc(Br)n1. The van der Waals surface area contributed by atoms with E-state index in [-0.39, 0.29) is 25.7 Å². The average molecular weight is 627 g/mol. The molecule has 0 saturated carbocycles. The van der Waals surface area contributed by atoms with Crippen LogP contribution >= 0.6 is 15.9 Å². The summed E-state index contributed by atoms with van der Waals surface area (Å²) in [5.74, 6) is 0. The molecule has 0 atom stereocenters. The summed E-state index contributed by atoms with van der Waals surface area (Å²) in [5.41, 5.74) is 20.2. The van der Waals surface area contributed by atoms with E-state index in [4.69, 9.17) is 20.8 Å². The van der Waals surface area contributed by atoms with Gasteiger partial charge in [0, 0.05) is 31.0 Å². The molecule has 4 aromatic rings. The van der Waals surface area contributed by atoms with Crippen LogP contribution in [0.5, 0.6) is 0 Å². The second-order valence-electron chi connectivity index (χ2n) is 11.1. The van der Waals surface area contributed by atoms with Crippen molar-refractivity contribution in [3.63, 3.8) is 0 Å². The van der Waals surface area contributed by atoms with Crippen molar-refractivity contribution >= 4 is 39.9 Å². The molecule has 5 rings (SSSR count). The van der Waals surface area contributed by atoms with Crippen molar-refractivity contribution in [1.29, 1.82) is 0 Å². The second kappa shape index (κ2) is 13.2. The Balaban J connectivity index is 0.000000231. The highest BCUT2D eigenvalue weighted by atomic mass is 79.9. The van der Waals surface area contributed by atoms with Gasteiger partial charge in [0.1, 0.15) is 10.3 Å². The molecule has 1 saturated heterocycles. The first-order chi connectivity index (χ1) is 18.5. The number of benzene rings is 2. The van der Waals surface area contributed by atoms with Crippen molar-refractivity contribution in [2.24, 2.45) is 14.1 Å². The van der Waals surface area contributed by atoms with Crippen LogP contribution in [0.1, 0.15) is 57.4 Å². The van der Waals surface area contributed by atoms with Gasteiger partial charge in [-0.05, 0) is 117 Å². The summed E-state index contributed by atoms with van der Waals surface area (Å²) in [4.78, 5) is 3.04. The van der Waals surface area contributed by atoms with Crippen molar-refractivity contribution in [3.05, 3.63) is 63.5 Å². The molecule has 2 aromatic heterocycles. The highest BCUT2D eigenvalue weighted by molar-refractivity contribution is 9.10. The zero-order valence-electron chi connectivity index (χ0n) is 25.1. The average Bonchev–Trinajstić information content (AvgIpc) is 3.50. The molecule has 4 N–H and O–H groups in total. The summed E-state index contributed by atoms with van der Waals surface area (Å²) in [5, 5.41) is 15.9. The van der Waals surface area contributed by atoms with Gasteiger partial charge < -0.3 is 20.8 Å². The summed E-state index contributed by atoms with van der Waals surface area (Å²) >= 11 is 3.14. The Morgan fingerprint density at radius 1 is 0.756 bits per heavy atom. The van der Waals surface area contributed by atoms with E-state index in [1.165, 1.54) is 4.80 Å². The lowest BCUT2D eigenvalue weighted by Crippen LogP contribution is -2.41. The molecule has 0 spiro atoms. The molecule has 1 aliphatic rings. The van der Waals surface area contributed by atoms with Gasteiger partial charge in [-0.15, -0.1) is 5.10 Å². The minimum absolute atomic E-state index is 0. The van der Waals surface area contributed by atoms with Gasteiger partial charge in [-0.1, -0.05) is 13.5 Å². The van der Waals surface area contributed by atoms with Crippen LogP contribution < -0.4 is 16.9 Å². The van der Waals surface area contributed by atoms with Crippen LogP contribution in [0.15, 0.2) is 41.3 Å². The fraction of sp³-hybridized carbons (Fsp3) is 0.448. The molecule has 2 aromatic carbocycles. The highest BCUT2D eigenvalue weighted by Gasteiger charge is 2.52. The zero-order valence-corrected chi connectivity index (χ0v) is 26.7. The first-order valence-corrected chi connectivity index (χ1v) is 13.8. The van der Waals surface area contributed by atoms with E-state index < -0.39 is 0 Å². The van der Waals surface area contributed by atoms with E-state index in [0.717, 1.165) is 55.0 Å². The predicted molar refractivity (Wildman–Crippen MR) is 172 cm³/mol. The molecule has 0 aliphatic carbocycles. The molecular weight excluding hydrogens is 583 g/mol. The van der Waals surface area contributed by atoms with Gasteiger partial charge >= 0.3 is 7.12 Å². The van der Waals surface area contributed by atoms with Gasteiger partial charge in [-0.3, -0.25) is 0 Å². The molecule has 222 valence electrons. The summed E-state index contributed by atoms with van der Waals surface area (Å²) in [7, 11) is 3.24. The highest BCUT2D eigenvalue weighted by Crippen LogP contribution is 2.37. The maximum absolute atomic E-state index is 6.06. The van der Waals surface area contributed by atoms with E-state index in [9.17, 15) is 0 Å². The first kappa shape index (κ1) is 34.0. The largest absolute Gasteiger partial charge is 0.495 e. The van der Waals surface area contributed by atoms with E-state index in [1.54, 1.807) is 31.3 Å². The van der Waals surface area contributed by atoms with Crippen molar-refractivity contribution in [2.75, 3.05) is 11.5 Å². The Bertz CT molecular complexity index is 1450. The molecule has 0 radical (unpaired) electrons. The zero-order chi connectivity index (χ0) is 30.0. The van der Waals surface area contributed by atoms with Crippen LogP contribution in [0.25, 0.3) is 11.3 Å². The van der Waals surface area contributed by atoms with Gasteiger partial charge in [-0.2, -0.15) is 24.9 Å². The van der Waals surface area contributed by atoms with Crippen molar-refractivity contribution in [1.82, 2.24) is 30.0 Å². The van der Waals surface area contributed by atoms with Gasteiger partial charge in [-0.25, -0.2) is 0 Å². The number of hydrogen-bond acceptors (Lipinski definition) is 8. The van der Waals surface area contributed by atoms with Gasteiger partial charge in [0.2, 0.25) is 0 Å². The Kier molecular flexibility index (Phi) is 10.9. The number of rotatable bonds is 2. The summed E-state index contributed by atoms with van der Waals surface area (Å²) in [6.45, 7) is 16.3. The Morgan fingerprint density at radius 3 is 1.68 bits per heavy atom. The molecule has 12 heteroatoms. The molecule has 10 nitrogen and oxygen atoms in total. The molecule has 0 bridgehead atoms. The van der Waals surface area contributed by atoms with Crippen LogP contribution in [0.2, 0.25) is 0 Å². The second-order valence-corrected chi connectivity index (χ2v) is 11.9. The summed E-state index contributed by atoms with van der Waals surface area (Å²) in [6, 6.07) is 8.11. The van der Waals surface area contributed by atoms with E-state index in [0.29, 0.717) is 0 Å². The number of hydrogen-bond donors (Lipinski definition) is 2. The topological polar surface area (TPSA) is 132 Å². The van der Waals surface area contributed by atoms with Crippen LogP contribution in [0.4, 0.5) is 11.4 Å². The molecular formula is C29H44BBrN8O2. The van der Waals surface area contributed by atoms with Crippen LogP contribution in [0.3, 0.4) is 0 Å². The van der Waals surface area contributed by atoms with Crippen LogP contribution in [-0.2, 0) is 23.4 Å². The standard InChI is InChI=1S/C14H22BNO2.C11H14N4.C3H4BrN3.CH4/c1-9-7-11(10(2)12(16)8-9)15-17-13(3,4)14(5,6)18-15;1-7-4-9(8(2)10(12)5-7)11-6-13-15(3)14-11;1-7-5-2-3(4)6-7;/h7-8H,16H2,1-6H3;4-6H,12H2,1-3H3;2H,1H3;1H4. The molecule has 41 heavy (non-hydrogen) atoms. The number of nitrogen functional groups attached to an aromatic ring is 2. The smallest absolute Gasteiger partial charge is 0.399 e. The fourth-order valence-corrected chi connectivity index (χ4v) is 4.39. The lowest BCUT2D eigenvalue weighted by atomic mass is 9.75. The van der Waals surface area contributed by atoms with E-state index >= 15 is 0 Å². The van der Waals surface area contributed by atoms with E-state index in [1.807, 2.05) is 39.8 Å². The van der Waals surface area contributed by atoms with Crippen molar-refractivity contribution in [3.8, 4) is 11.3 Å². The fourth-order valence-electron chi connectivity index (χ4n) is 4.07. The third-order valence-electron chi connectivity index (χ3n) is 7.18. The third kappa shape index (κ3) is 8.18. The maximum atomic E-state index is 6.06. The summed E-state index contributed by atoms with van der Waals surface area (Å²) < 4.78 is 12.9. The Hall–Kier alpha value is -3.22. The van der Waals surface area contributed by atoms with Gasteiger partial charge in [0.25, 0.3) is 0 Å². The van der Waals surface area contributed by atoms with Gasteiger partial charge in [0.15, 0.2) is 0 Å². The number of aryl methyl sites for hydroxylation is 4. The lowest BCUT2D eigenvalue weighted by Gasteiger charge is -2.32. The number of aromatic nitrogens is 6. The number of nitrogens with zero attached hydrogens (tertiary/aromatic N) is 6. The molecule has 1 aliphatic heterocycles. The molecule has 3 heterocycles. The van der Waals surface area contributed by atoms with E-state index in [2.05, 4.69) is 76.2 Å². The minimum Gasteiger partial charge on any atom is -0.399 e. The number of halogens is 1. The Morgan fingerprint density at radius 2 is 1.24 bits per heavy atom. The quantitative estimate of drug-likeness (QED) is 0.233. The monoisotopic (exact) mass is 626 g/mol. The lowest BCUT2D eigenvalue weighted by molar-refractivity contribution is 0.00578. The van der Waals surface area contributed by atoms with Crippen LogP contribution in [-0.4, -0.2) is 48.3 Å². The third-order valence-corrected chi connectivity index (χ3v) is 7.54. The van der Waals surface area contributed by atoms with Crippen molar-refractivity contribution < 1.29 is 9.31 Å². The van der Waals surface area contributed by atoms with Crippen LogP contribution in [0, 0.1) is 27.7 Å². The molecule has 0 amide bonds. The first-order valence-electron chi connectivity index (χ1n) is 13.0. The maximum Gasteiger partial charge on any atom is 0.495 e. The predicted octanol–water partition coefficient (Wildman–Crippen LogP) is 5.08. The van der Waals surface area contributed by atoms with Gasteiger partial charge in [0.05, 0.1) is 23.6 Å².